The number of carbonyl (C=O) groups excluding carboxylic acids is 2. The highest BCUT2D eigenvalue weighted by atomic mass is 35.5. The van der Waals surface area contributed by atoms with Gasteiger partial charge in [0.1, 0.15) is 11.5 Å². The molecule has 3 aromatic carbocycles. The van der Waals surface area contributed by atoms with Crippen molar-refractivity contribution in [3.63, 3.8) is 0 Å². The molecule has 216 valence electrons. The first-order valence-corrected chi connectivity index (χ1v) is 15.4. The van der Waals surface area contributed by atoms with Gasteiger partial charge in [0, 0.05) is 19.6 Å². The Morgan fingerprint density at radius 3 is 2.46 bits per heavy atom. The van der Waals surface area contributed by atoms with Crippen molar-refractivity contribution in [1.82, 2.24) is 9.62 Å². The van der Waals surface area contributed by atoms with Gasteiger partial charge in [-0.2, -0.15) is 4.31 Å². The Bertz CT molecular complexity index is 1500. The molecule has 3 aromatic rings. The highest BCUT2D eigenvalue weighted by Gasteiger charge is 2.34. The molecule has 0 spiro atoms. The maximum absolute atomic E-state index is 13.3. The quantitative estimate of drug-likeness (QED) is 0.399. The van der Waals surface area contributed by atoms with Crippen LogP contribution in [0.15, 0.2) is 77.7 Å². The topological polar surface area (TPSA) is 105 Å². The number of hydrogen-bond acceptors (Lipinski definition) is 6. The van der Waals surface area contributed by atoms with Crippen molar-refractivity contribution < 1.29 is 27.5 Å². The molecule has 1 fully saturated rings. The molecule has 0 bridgehead atoms. The summed E-state index contributed by atoms with van der Waals surface area (Å²) in [6.45, 7) is 1.05. The number of piperidine rings is 1. The van der Waals surface area contributed by atoms with Crippen molar-refractivity contribution in [2.24, 2.45) is 0 Å². The highest BCUT2D eigenvalue weighted by Crippen LogP contribution is 2.34. The lowest BCUT2D eigenvalue weighted by Crippen LogP contribution is -2.52. The van der Waals surface area contributed by atoms with Gasteiger partial charge < -0.3 is 19.7 Å². The number of anilines is 1. The van der Waals surface area contributed by atoms with Crippen molar-refractivity contribution in [2.45, 2.75) is 36.7 Å². The zero-order valence-electron chi connectivity index (χ0n) is 22.5. The molecule has 1 N–H and O–H groups in total. The van der Waals surface area contributed by atoms with E-state index in [-0.39, 0.29) is 34.7 Å². The van der Waals surface area contributed by atoms with Crippen LogP contribution in [0.3, 0.4) is 0 Å². The van der Waals surface area contributed by atoms with Crippen molar-refractivity contribution in [3.05, 3.63) is 83.4 Å². The minimum atomic E-state index is -3.65. The average Bonchev–Trinajstić information content (AvgIpc) is 3.00. The van der Waals surface area contributed by atoms with E-state index in [2.05, 4.69) is 5.32 Å². The maximum atomic E-state index is 13.3. The molecule has 0 unspecified atom stereocenters. The van der Waals surface area contributed by atoms with Crippen molar-refractivity contribution in [2.75, 3.05) is 37.7 Å². The van der Waals surface area contributed by atoms with Gasteiger partial charge >= 0.3 is 0 Å². The molecule has 41 heavy (non-hydrogen) atoms. The Labute approximate surface area is 245 Å². The van der Waals surface area contributed by atoms with Crippen LogP contribution in [0.4, 0.5) is 5.69 Å². The number of benzene rings is 3. The zero-order valence-corrected chi connectivity index (χ0v) is 24.1. The molecular weight excluding hydrogens is 566 g/mol. The summed E-state index contributed by atoms with van der Waals surface area (Å²) >= 11 is 6.38. The molecule has 0 saturated carbocycles. The maximum Gasteiger partial charge on any atom is 0.265 e. The van der Waals surface area contributed by atoms with Crippen LogP contribution in [0, 0.1) is 0 Å². The van der Waals surface area contributed by atoms with E-state index in [9.17, 15) is 18.0 Å². The van der Waals surface area contributed by atoms with Crippen LogP contribution >= 0.6 is 11.6 Å². The third-order valence-electron chi connectivity index (χ3n) is 7.13. The number of para-hydroxylation sites is 2. The van der Waals surface area contributed by atoms with Crippen LogP contribution in [-0.2, 0) is 26.0 Å². The van der Waals surface area contributed by atoms with Gasteiger partial charge in [0.2, 0.25) is 10.0 Å². The Balaban J connectivity index is 1.22. The van der Waals surface area contributed by atoms with Gasteiger partial charge in [0.15, 0.2) is 12.7 Å². The van der Waals surface area contributed by atoms with Crippen LogP contribution in [0.2, 0.25) is 5.02 Å². The lowest BCUT2D eigenvalue weighted by Gasteiger charge is -2.34. The van der Waals surface area contributed by atoms with E-state index in [1.807, 2.05) is 30.3 Å². The number of hydrogen-bond donors (Lipinski definition) is 1. The number of rotatable bonds is 9. The fourth-order valence-corrected chi connectivity index (χ4v) is 6.77. The third kappa shape index (κ3) is 6.83. The smallest absolute Gasteiger partial charge is 0.265 e. The fraction of sp³-hybridized carbons (Fsp3) is 0.333. The molecule has 0 aliphatic carbocycles. The summed E-state index contributed by atoms with van der Waals surface area (Å²) in [4.78, 5) is 27.8. The molecule has 9 nitrogen and oxygen atoms in total. The van der Waals surface area contributed by atoms with Crippen LogP contribution < -0.4 is 19.7 Å². The molecule has 1 atom stereocenters. The second-order valence-electron chi connectivity index (χ2n) is 9.95. The molecule has 5 rings (SSSR count). The number of halogens is 1. The largest absolute Gasteiger partial charge is 0.482 e. The molecule has 11 heteroatoms. The summed E-state index contributed by atoms with van der Waals surface area (Å²) in [5.74, 6) is -0.110. The number of nitrogens with zero attached hydrogens (tertiary/aromatic N) is 2. The molecule has 2 heterocycles. The summed E-state index contributed by atoms with van der Waals surface area (Å²) in [7, 11) is -3.65. The number of carbonyl (C=O) groups is 2. The monoisotopic (exact) mass is 597 g/mol. The zero-order chi connectivity index (χ0) is 28.8. The van der Waals surface area contributed by atoms with Crippen LogP contribution in [0.5, 0.6) is 11.5 Å². The van der Waals surface area contributed by atoms with Gasteiger partial charge in [0.25, 0.3) is 11.8 Å². The second kappa shape index (κ2) is 12.9. The molecule has 0 aromatic heterocycles. The predicted molar refractivity (Wildman–Crippen MR) is 156 cm³/mol. The van der Waals surface area contributed by atoms with E-state index in [1.54, 1.807) is 24.3 Å². The molecule has 2 amide bonds. The van der Waals surface area contributed by atoms with Crippen molar-refractivity contribution >= 4 is 39.1 Å². The van der Waals surface area contributed by atoms with Gasteiger partial charge in [-0.05, 0) is 55.2 Å². The van der Waals surface area contributed by atoms with Crippen LogP contribution in [0.1, 0.15) is 24.8 Å². The first kappa shape index (κ1) is 28.9. The van der Waals surface area contributed by atoms with E-state index in [1.165, 1.54) is 27.4 Å². The number of amides is 2. The van der Waals surface area contributed by atoms with E-state index in [4.69, 9.17) is 21.1 Å². The summed E-state index contributed by atoms with van der Waals surface area (Å²) < 4.78 is 39.1. The molecule has 2 aliphatic rings. The fourth-order valence-electron chi connectivity index (χ4n) is 4.93. The Hall–Kier alpha value is -3.60. The lowest BCUT2D eigenvalue weighted by molar-refractivity contribution is -0.128. The Morgan fingerprint density at radius 2 is 1.71 bits per heavy atom. The Morgan fingerprint density at radius 1 is 0.976 bits per heavy atom. The highest BCUT2D eigenvalue weighted by molar-refractivity contribution is 7.89. The van der Waals surface area contributed by atoms with Gasteiger partial charge in [0.05, 0.1) is 22.2 Å². The van der Waals surface area contributed by atoms with Crippen LogP contribution in [-0.4, -0.2) is 63.4 Å². The number of nitrogens with one attached hydrogen (secondary N) is 1. The summed E-state index contributed by atoms with van der Waals surface area (Å²) in [6, 6.07) is 21.1. The summed E-state index contributed by atoms with van der Waals surface area (Å²) in [6.07, 6.45) is 2.45. The first-order valence-electron chi connectivity index (χ1n) is 13.6. The standard InChI is InChI=1S/C30H32ClN3O6S/c31-24-19-23(41(37,38)33-17-7-2-8-18-33)13-14-26(24)39-21-29(35)34-20-28(40-27-12-6-5-11-25(27)34)30(36)32-16-15-22-9-3-1-4-10-22/h1,3-6,9-14,19,28H,2,7-8,15-18,20-21H2,(H,32,36)/t28-/m1/s1. The SMILES string of the molecule is O=C(NCCc1ccccc1)[C@H]1CN(C(=O)COc2ccc(S(=O)(=O)N3CCCCC3)cc2Cl)c2ccccc2O1. The minimum absolute atomic E-state index is 0.0110. The van der Waals surface area contributed by atoms with E-state index < -0.39 is 22.0 Å². The summed E-state index contributed by atoms with van der Waals surface area (Å²) in [5.41, 5.74) is 1.64. The van der Waals surface area contributed by atoms with Gasteiger partial charge in [-0.15, -0.1) is 0 Å². The molecule has 1 saturated heterocycles. The van der Waals surface area contributed by atoms with Gasteiger partial charge in [-0.25, -0.2) is 8.42 Å². The van der Waals surface area contributed by atoms with E-state index in [0.717, 1.165) is 24.8 Å². The lowest BCUT2D eigenvalue weighted by atomic mass is 10.1. The van der Waals surface area contributed by atoms with Gasteiger partial charge in [-0.1, -0.05) is 60.5 Å². The Kier molecular flexibility index (Phi) is 9.12. The normalized spacial score (nSPS) is 17.3. The molecule has 0 radical (unpaired) electrons. The van der Waals surface area contributed by atoms with Crippen molar-refractivity contribution in [1.29, 1.82) is 0 Å². The average molecular weight is 598 g/mol. The number of sulfonamides is 1. The molecule has 2 aliphatic heterocycles. The first-order chi connectivity index (χ1) is 19.8. The van der Waals surface area contributed by atoms with E-state index >= 15 is 0 Å². The number of ether oxygens (including phenoxy) is 2. The van der Waals surface area contributed by atoms with Crippen molar-refractivity contribution in [3.8, 4) is 11.5 Å². The number of fused-ring (bicyclic) bond motifs is 1. The molecular formula is C30H32ClN3O6S. The predicted octanol–water partition coefficient (Wildman–Crippen LogP) is 4.05. The second-order valence-corrected chi connectivity index (χ2v) is 12.3. The third-order valence-corrected chi connectivity index (χ3v) is 9.32. The van der Waals surface area contributed by atoms with E-state index in [0.29, 0.717) is 37.5 Å². The van der Waals surface area contributed by atoms with Crippen LogP contribution in [0.25, 0.3) is 0 Å². The minimum Gasteiger partial charge on any atom is -0.482 e. The van der Waals surface area contributed by atoms with Gasteiger partial charge in [-0.3, -0.25) is 9.59 Å². The summed E-state index contributed by atoms with van der Waals surface area (Å²) in [5, 5.41) is 2.99.